The summed E-state index contributed by atoms with van der Waals surface area (Å²) in [5.41, 5.74) is 5.92. The molecule has 2 N–H and O–H groups in total. The molecule has 0 bridgehead atoms. The third kappa shape index (κ3) is 4.13. The molecule has 0 heterocycles. The first kappa shape index (κ1) is 18.8. The molecule has 0 saturated carbocycles. The van der Waals surface area contributed by atoms with E-state index >= 15 is 0 Å². The van der Waals surface area contributed by atoms with E-state index in [4.69, 9.17) is 10.5 Å². The van der Waals surface area contributed by atoms with Crippen LogP contribution < -0.4 is 5.73 Å². The number of hydrogen-bond acceptors (Lipinski definition) is 3. The maximum Gasteiger partial charge on any atom is 0.253 e. The molecule has 1 amide bonds. The first-order valence-corrected chi connectivity index (χ1v) is 5.86. The summed E-state index contributed by atoms with van der Waals surface area (Å²) < 4.78 is 31.0. The number of carbonyl (C=O) groups is 1. The fourth-order valence-corrected chi connectivity index (χ4v) is 1.71. The summed E-state index contributed by atoms with van der Waals surface area (Å²) in [6, 6.07) is 3.15. The molecule has 0 aliphatic heterocycles. The lowest BCUT2D eigenvalue weighted by Gasteiger charge is -2.28. The van der Waals surface area contributed by atoms with Crippen molar-refractivity contribution >= 4 is 18.3 Å². The van der Waals surface area contributed by atoms with Gasteiger partial charge in [-0.15, -0.1) is 12.4 Å². The minimum Gasteiger partial charge on any atom is -0.370 e. The van der Waals surface area contributed by atoms with Gasteiger partial charge in [-0.3, -0.25) is 4.79 Å². The van der Waals surface area contributed by atoms with E-state index in [9.17, 15) is 13.6 Å². The first-order chi connectivity index (χ1) is 8.92. The second kappa shape index (κ2) is 8.14. The highest BCUT2D eigenvalue weighted by molar-refractivity contribution is 5.85. The van der Waals surface area contributed by atoms with E-state index in [-0.39, 0.29) is 24.9 Å². The monoisotopic (exact) mass is 308 g/mol. The molecule has 0 spiro atoms. The van der Waals surface area contributed by atoms with E-state index in [1.807, 2.05) is 0 Å². The molecule has 7 heteroatoms. The molecule has 1 aromatic carbocycles. The van der Waals surface area contributed by atoms with Gasteiger partial charge in [0.15, 0.2) is 11.6 Å². The van der Waals surface area contributed by atoms with Gasteiger partial charge in [-0.25, -0.2) is 8.78 Å². The standard InChI is InChI=1S/C13H18F2N2O2.ClH/c1-8(9-4-5-10(14)11(15)6-9)17(2)13(18)12(7-16)19-3;/h4-6,8,12H,7,16H2,1-3H3;1H. The van der Waals surface area contributed by atoms with E-state index in [1.165, 1.54) is 18.1 Å². The number of methoxy groups -OCH3 is 1. The van der Waals surface area contributed by atoms with Gasteiger partial charge in [0.1, 0.15) is 6.10 Å². The fraction of sp³-hybridized carbons (Fsp3) is 0.462. The molecular formula is C13H19ClF2N2O2. The van der Waals surface area contributed by atoms with E-state index in [0.29, 0.717) is 5.56 Å². The molecule has 20 heavy (non-hydrogen) atoms. The Morgan fingerprint density at radius 2 is 2.00 bits per heavy atom. The topological polar surface area (TPSA) is 55.6 Å². The Balaban J connectivity index is 0.00000361. The van der Waals surface area contributed by atoms with Crippen molar-refractivity contribution in [2.75, 3.05) is 20.7 Å². The molecule has 2 unspecified atom stereocenters. The maximum absolute atomic E-state index is 13.2. The molecule has 1 rings (SSSR count). The van der Waals surface area contributed by atoms with Crippen molar-refractivity contribution in [3.8, 4) is 0 Å². The van der Waals surface area contributed by atoms with Crippen LogP contribution in [-0.4, -0.2) is 37.6 Å². The molecular weight excluding hydrogens is 290 g/mol. The van der Waals surface area contributed by atoms with Gasteiger partial charge in [0, 0.05) is 20.7 Å². The van der Waals surface area contributed by atoms with Crippen LogP contribution in [0.15, 0.2) is 18.2 Å². The van der Waals surface area contributed by atoms with Crippen molar-refractivity contribution < 1.29 is 18.3 Å². The molecule has 0 radical (unpaired) electrons. The van der Waals surface area contributed by atoms with Crippen LogP contribution in [0.5, 0.6) is 0 Å². The van der Waals surface area contributed by atoms with Crippen molar-refractivity contribution in [2.24, 2.45) is 5.73 Å². The van der Waals surface area contributed by atoms with Crippen molar-refractivity contribution in [1.29, 1.82) is 0 Å². The quantitative estimate of drug-likeness (QED) is 0.903. The zero-order valence-electron chi connectivity index (χ0n) is 11.6. The number of likely N-dealkylation sites (N-methyl/N-ethyl adjacent to an activating group) is 1. The Morgan fingerprint density at radius 3 is 2.45 bits per heavy atom. The second-order valence-corrected chi connectivity index (χ2v) is 4.26. The molecule has 114 valence electrons. The molecule has 0 aliphatic carbocycles. The summed E-state index contributed by atoms with van der Waals surface area (Å²) in [6.07, 6.45) is -0.738. The third-order valence-electron chi connectivity index (χ3n) is 3.13. The fourth-order valence-electron chi connectivity index (χ4n) is 1.71. The summed E-state index contributed by atoms with van der Waals surface area (Å²) >= 11 is 0. The summed E-state index contributed by atoms with van der Waals surface area (Å²) in [5, 5.41) is 0. The Bertz CT molecular complexity index is 456. The Kier molecular flexibility index (Phi) is 7.63. The zero-order valence-corrected chi connectivity index (χ0v) is 12.4. The number of carbonyl (C=O) groups excluding carboxylic acids is 1. The number of nitrogens with two attached hydrogens (primary N) is 1. The normalized spacial score (nSPS) is 13.3. The van der Waals surface area contributed by atoms with Crippen LogP contribution in [0.25, 0.3) is 0 Å². The van der Waals surface area contributed by atoms with Gasteiger partial charge in [-0.05, 0) is 24.6 Å². The molecule has 4 nitrogen and oxygen atoms in total. The van der Waals surface area contributed by atoms with Gasteiger partial charge in [0.05, 0.1) is 6.04 Å². The highest BCUT2D eigenvalue weighted by atomic mass is 35.5. The lowest BCUT2D eigenvalue weighted by Crippen LogP contribution is -2.42. The van der Waals surface area contributed by atoms with Gasteiger partial charge in [-0.1, -0.05) is 6.07 Å². The lowest BCUT2D eigenvalue weighted by molar-refractivity contribution is -0.142. The van der Waals surface area contributed by atoms with Crippen LogP contribution in [-0.2, 0) is 9.53 Å². The molecule has 1 aromatic rings. The van der Waals surface area contributed by atoms with E-state index < -0.39 is 23.8 Å². The van der Waals surface area contributed by atoms with Crippen LogP contribution >= 0.6 is 12.4 Å². The van der Waals surface area contributed by atoms with Crippen molar-refractivity contribution in [3.05, 3.63) is 35.4 Å². The molecule has 0 fully saturated rings. The van der Waals surface area contributed by atoms with Crippen LogP contribution in [0.1, 0.15) is 18.5 Å². The first-order valence-electron chi connectivity index (χ1n) is 5.86. The number of rotatable bonds is 5. The molecule has 0 aliphatic rings. The highest BCUT2D eigenvalue weighted by Crippen LogP contribution is 2.21. The Morgan fingerprint density at radius 1 is 1.40 bits per heavy atom. The average molecular weight is 309 g/mol. The van der Waals surface area contributed by atoms with Crippen LogP contribution in [0, 0.1) is 11.6 Å². The Hall–Kier alpha value is -1.24. The van der Waals surface area contributed by atoms with E-state index in [0.717, 1.165) is 12.1 Å². The number of nitrogens with zero attached hydrogens (tertiary/aromatic N) is 1. The summed E-state index contributed by atoms with van der Waals surface area (Å²) in [5.74, 6) is -2.16. The second-order valence-electron chi connectivity index (χ2n) is 4.26. The van der Waals surface area contributed by atoms with Crippen LogP contribution in [0.3, 0.4) is 0 Å². The summed E-state index contributed by atoms with van der Waals surface area (Å²) in [7, 11) is 2.96. The summed E-state index contributed by atoms with van der Waals surface area (Å²) in [6.45, 7) is 1.78. The number of benzene rings is 1. The molecule has 2 atom stereocenters. The lowest BCUT2D eigenvalue weighted by atomic mass is 10.1. The number of halogens is 3. The average Bonchev–Trinajstić information content (AvgIpc) is 2.41. The zero-order chi connectivity index (χ0) is 14.6. The highest BCUT2D eigenvalue weighted by Gasteiger charge is 2.25. The summed E-state index contributed by atoms with van der Waals surface area (Å²) in [4.78, 5) is 13.4. The predicted octanol–water partition coefficient (Wildman–Crippen LogP) is 1.88. The molecule has 0 aromatic heterocycles. The maximum atomic E-state index is 13.2. The van der Waals surface area contributed by atoms with Crippen LogP contribution in [0.4, 0.5) is 8.78 Å². The van der Waals surface area contributed by atoms with Gasteiger partial charge in [-0.2, -0.15) is 0 Å². The number of ether oxygens (including phenoxy) is 1. The van der Waals surface area contributed by atoms with Crippen molar-refractivity contribution in [3.63, 3.8) is 0 Å². The van der Waals surface area contributed by atoms with Gasteiger partial charge in [0.2, 0.25) is 0 Å². The smallest absolute Gasteiger partial charge is 0.253 e. The Labute approximate surface area is 123 Å². The number of amides is 1. The third-order valence-corrected chi connectivity index (χ3v) is 3.13. The van der Waals surface area contributed by atoms with E-state index in [1.54, 1.807) is 14.0 Å². The van der Waals surface area contributed by atoms with Crippen LogP contribution in [0.2, 0.25) is 0 Å². The van der Waals surface area contributed by atoms with Gasteiger partial charge in [0.25, 0.3) is 5.91 Å². The minimum atomic E-state index is -0.938. The number of hydrogen-bond donors (Lipinski definition) is 1. The van der Waals surface area contributed by atoms with Gasteiger partial charge < -0.3 is 15.4 Å². The largest absolute Gasteiger partial charge is 0.370 e. The minimum absolute atomic E-state index is 0. The van der Waals surface area contributed by atoms with Gasteiger partial charge >= 0.3 is 0 Å². The molecule has 0 saturated heterocycles. The van der Waals surface area contributed by atoms with E-state index in [2.05, 4.69) is 0 Å². The predicted molar refractivity (Wildman–Crippen MR) is 74.6 cm³/mol. The SMILES string of the molecule is COC(CN)C(=O)N(C)C(C)c1ccc(F)c(F)c1.Cl. The van der Waals surface area contributed by atoms with Crippen molar-refractivity contribution in [1.82, 2.24) is 4.90 Å². The van der Waals surface area contributed by atoms with Crippen molar-refractivity contribution in [2.45, 2.75) is 19.1 Å².